The Labute approximate surface area is 297 Å². The van der Waals surface area contributed by atoms with Crippen molar-refractivity contribution in [3.05, 3.63) is 0 Å². The minimum Gasteiger partial charge on any atom is -0.463 e. The molecular formula is C36H64O14. The number of unbranched alkanes of at least 4 members (excludes halogenated alkanes) is 10. The van der Waals surface area contributed by atoms with Crippen LogP contribution in [0.15, 0.2) is 0 Å². The number of rotatable bonds is 28. The molecule has 292 valence electrons. The largest absolute Gasteiger partial charge is 0.463 e. The van der Waals surface area contributed by atoms with Gasteiger partial charge in [-0.15, -0.1) is 0 Å². The summed E-state index contributed by atoms with van der Waals surface area (Å²) >= 11 is 0. The van der Waals surface area contributed by atoms with Crippen LogP contribution in [0.3, 0.4) is 0 Å². The first-order valence-electron chi connectivity index (χ1n) is 18.7. The Morgan fingerprint density at radius 3 is 1.50 bits per heavy atom. The molecule has 50 heavy (non-hydrogen) atoms. The van der Waals surface area contributed by atoms with Crippen LogP contribution in [0, 0.1) is 0 Å². The van der Waals surface area contributed by atoms with Crippen LogP contribution in [-0.2, 0) is 47.6 Å². The maximum Gasteiger partial charge on any atom is 0.306 e. The van der Waals surface area contributed by atoms with Gasteiger partial charge in [-0.3, -0.25) is 19.2 Å². The van der Waals surface area contributed by atoms with E-state index < -0.39 is 86.3 Å². The van der Waals surface area contributed by atoms with Crippen molar-refractivity contribution in [3.63, 3.8) is 0 Å². The first-order chi connectivity index (χ1) is 24.0. The Morgan fingerprint density at radius 2 is 1.00 bits per heavy atom. The highest BCUT2D eigenvalue weighted by atomic mass is 16.8. The monoisotopic (exact) mass is 720 g/mol. The van der Waals surface area contributed by atoms with Crippen molar-refractivity contribution >= 4 is 23.9 Å². The van der Waals surface area contributed by atoms with E-state index in [9.17, 15) is 39.6 Å². The zero-order chi connectivity index (χ0) is 37.3. The van der Waals surface area contributed by atoms with E-state index in [1.807, 2.05) is 20.8 Å². The van der Waals surface area contributed by atoms with Crippen LogP contribution < -0.4 is 0 Å². The number of hydrogen-bond donors (Lipinski definition) is 4. The summed E-state index contributed by atoms with van der Waals surface area (Å²) in [6.45, 7) is 6.63. The quantitative estimate of drug-likeness (QED) is 0.0388. The lowest BCUT2D eigenvalue weighted by Gasteiger charge is -2.45. The topological polar surface area (TPSA) is 205 Å². The van der Waals surface area contributed by atoms with Crippen molar-refractivity contribution < 1.29 is 68.0 Å². The van der Waals surface area contributed by atoms with Crippen molar-refractivity contribution in [2.45, 2.75) is 192 Å². The molecule has 0 aromatic rings. The van der Waals surface area contributed by atoms with E-state index in [1.54, 1.807) is 0 Å². The maximum absolute atomic E-state index is 13.2. The molecule has 4 N–H and O–H groups in total. The van der Waals surface area contributed by atoms with Crippen LogP contribution in [0.4, 0.5) is 0 Å². The molecule has 0 aliphatic carbocycles. The van der Waals surface area contributed by atoms with Gasteiger partial charge in [-0.1, -0.05) is 91.9 Å². The van der Waals surface area contributed by atoms with Crippen LogP contribution in [0.5, 0.6) is 0 Å². The van der Waals surface area contributed by atoms with Gasteiger partial charge < -0.3 is 48.8 Å². The van der Waals surface area contributed by atoms with Gasteiger partial charge in [0.15, 0.2) is 24.6 Å². The highest BCUT2D eigenvalue weighted by Gasteiger charge is 2.54. The highest BCUT2D eigenvalue weighted by molar-refractivity contribution is 5.72. The minimum absolute atomic E-state index is 0.00121. The van der Waals surface area contributed by atoms with Crippen molar-refractivity contribution in [3.8, 4) is 0 Å². The number of carbonyl (C=O) groups excluding carboxylic acids is 4. The third-order valence-corrected chi connectivity index (χ3v) is 8.39. The van der Waals surface area contributed by atoms with Gasteiger partial charge in [-0.2, -0.15) is 0 Å². The molecule has 0 amide bonds. The van der Waals surface area contributed by atoms with Crippen LogP contribution in [0.25, 0.3) is 0 Å². The van der Waals surface area contributed by atoms with Crippen LogP contribution in [0.2, 0.25) is 0 Å². The predicted molar refractivity (Wildman–Crippen MR) is 181 cm³/mol. The molecule has 0 saturated carbocycles. The average Bonchev–Trinajstić information content (AvgIpc) is 3.09. The third-order valence-electron chi connectivity index (χ3n) is 8.39. The summed E-state index contributed by atoms with van der Waals surface area (Å²) in [5.74, 6) is -2.56. The first-order valence-corrected chi connectivity index (χ1v) is 18.7. The molecule has 1 fully saturated rings. The summed E-state index contributed by atoms with van der Waals surface area (Å²) in [5.41, 5.74) is 0. The van der Waals surface area contributed by atoms with Crippen molar-refractivity contribution in [1.29, 1.82) is 0 Å². The van der Waals surface area contributed by atoms with Gasteiger partial charge in [0.1, 0.15) is 24.9 Å². The van der Waals surface area contributed by atoms with Crippen LogP contribution in [-0.4, -0.2) is 107 Å². The summed E-state index contributed by atoms with van der Waals surface area (Å²) in [5, 5.41) is 40.3. The summed E-state index contributed by atoms with van der Waals surface area (Å²) in [7, 11) is 0. The fourth-order valence-corrected chi connectivity index (χ4v) is 5.35. The molecule has 0 radical (unpaired) electrons. The number of aliphatic hydroxyl groups is 4. The van der Waals surface area contributed by atoms with Gasteiger partial charge in [-0.25, -0.2) is 0 Å². The van der Waals surface area contributed by atoms with Gasteiger partial charge in [0, 0.05) is 25.7 Å². The smallest absolute Gasteiger partial charge is 0.306 e. The molecule has 1 aliphatic rings. The molecular weight excluding hydrogens is 656 g/mol. The lowest BCUT2D eigenvalue weighted by atomic mass is 9.97. The second kappa shape index (κ2) is 27.3. The predicted octanol–water partition coefficient (Wildman–Crippen LogP) is 4.14. The van der Waals surface area contributed by atoms with E-state index >= 15 is 0 Å². The molecule has 0 aromatic heterocycles. The highest BCUT2D eigenvalue weighted by Crippen LogP contribution is 2.32. The summed E-state index contributed by atoms with van der Waals surface area (Å²) in [6.07, 6.45) is -2.74. The minimum atomic E-state index is -2.18. The van der Waals surface area contributed by atoms with E-state index in [0.29, 0.717) is 25.7 Å². The van der Waals surface area contributed by atoms with Crippen molar-refractivity contribution in [2.75, 3.05) is 13.2 Å². The normalized spacial score (nSPS) is 22.3. The van der Waals surface area contributed by atoms with Gasteiger partial charge >= 0.3 is 23.9 Å². The number of aliphatic hydroxyl groups excluding tert-OH is 4. The SMILES string of the molecule is CCCCCCCC(=O)O[C@@H]1[C@H](OC(O)[C@H](O)[C@H](O)CO)O[C@H](COC(=O)CCCCC)[C@@H](OC(=O)CCCCC)[C@@H]1OC(=O)CCCCC. The molecule has 0 spiro atoms. The standard InChI is InChI=1S/C36H64O14/c1-5-9-13-14-18-22-30(42)49-34-33(48-29(41)21-17-12-8-4)32(47-28(40)20-16-11-7-3)26(24-45-27(39)19-15-10-6-2)46-36(34)50-35(44)31(43)25(38)23-37/h25-26,31-38,43-44H,5-24H2,1-4H3/t25-,26-,31-,32-,33+,34+,35?,36+/m1/s1. The van der Waals surface area contributed by atoms with Crippen LogP contribution >= 0.6 is 0 Å². The van der Waals surface area contributed by atoms with E-state index in [2.05, 4.69) is 6.92 Å². The summed E-state index contributed by atoms with van der Waals surface area (Å²) in [6, 6.07) is 0. The van der Waals surface area contributed by atoms with Crippen molar-refractivity contribution in [1.82, 2.24) is 0 Å². The number of hydrogen-bond acceptors (Lipinski definition) is 14. The Balaban J connectivity index is 3.55. The molecule has 1 unspecified atom stereocenters. The molecule has 1 heterocycles. The second-order valence-electron chi connectivity index (χ2n) is 12.9. The lowest BCUT2D eigenvalue weighted by Crippen LogP contribution is -2.64. The molecule has 1 aliphatic heterocycles. The maximum atomic E-state index is 13.2. The van der Waals surface area contributed by atoms with Gasteiger partial charge in [0.25, 0.3) is 0 Å². The summed E-state index contributed by atoms with van der Waals surface area (Å²) in [4.78, 5) is 52.1. The van der Waals surface area contributed by atoms with Gasteiger partial charge in [-0.05, 0) is 25.7 Å². The number of ether oxygens (including phenoxy) is 6. The van der Waals surface area contributed by atoms with Gasteiger partial charge in [0.05, 0.1) is 6.61 Å². The fourth-order valence-electron chi connectivity index (χ4n) is 5.35. The summed E-state index contributed by atoms with van der Waals surface area (Å²) < 4.78 is 34.6. The van der Waals surface area contributed by atoms with E-state index in [-0.39, 0.29) is 25.7 Å². The molecule has 8 atom stereocenters. The Hall–Kier alpha value is -2.36. The van der Waals surface area contributed by atoms with E-state index in [0.717, 1.165) is 64.2 Å². The molecule has 0 aromatic carbocycles. The molecule has 14 heteroatoms. The Morgan fingerprint density at radius 1 is 0.580 bits per heavy atom. The number of esters is 4. The lowest BCUT2D eigenvalue weighted by molar-refractivity contribution is -0.348. The third kappa shape index (κ3) is 18.2. The van der Waals surface area contributed by atoms with Gasteiger partial charge in [0.2, 0.25) is 6.29 Å². The Kier molecular flexibility index (Phi) is 24.9. The van der Waals surface area contributed by atoms with E-state index in [4.69, 9.17) is 28.4 Å². The second-order valence-corrected chi connectivity index (χ2v) is 12.9. The Bertz CT molecular complexity index is 946. The van der Waals surface area contributed by atoms with Crippen LogP contribution in [0.1, 0.15) is 143 Å². The number of carbonyl (C=O) groups is 4. The average molecular weight is 721 g/mol. The molecule has 1 saturated heterocycles. The molecule has 0 bridgehead atoms. The first kappa shape index (κ1) is 45.7. The van der Waals surface area contributed by atoms with E-state index in [1.165, 1.54) is 0 Å². The molecule has 14 nitrogen and oxygen atoms in total. The zero-order valence-corrected chi connectivity index (χ0v) is 30.6. The molecule has 1 rings (SSSR count). The zero-order valence-electron chi connectivity index (χ0n) is 30.6. The fraction of sp³-hybridized carbons (Fsp3) is 0.889. The van der Waals surface area contributed by atoms with Crippen molar-refractivity contribution in [2.24, 2.45) is 0 Å².